The molecule has 0 aliphatic rings. The molecule has 0 amide bonds. The lowest BCUT2D eigenvalue weighted by atomic mass is 10.1. The lowest BCUT2D eigenvalue weighted by Gasteiger charge is -2.16. The molecule has 1 heterocycles. The standard InChI is InChI=1S/C22H35N5O2.HI/c1-17(2)16-27-10-9-24-21(27)15-26-22(23-4)25-14-19-8-7-18(3)13-20(19)29-12-6-11-28-5;/h7-10,13,17H,6,11-12,14-16H2,1-5H3,(H2,23,25,26);1H. The number of benzene rings is 1. The molecule has 2 aromatic rings. The number of imidazole rings is 1. The Bertz CT molecular complexity index is 777. The zero-order valence-corrected chi connectivity index (χ0v) is 21.1. The molecule has 2 N–H and O–H groups in total. The summed E-state index contributed by atoms with van der Waals surface area (Å²) in [5.41, 5.74) is 2.27. The van der Waals surface area contributed by atoms with Crippen LogP contribution in [0.1, 0.15) is 37.2 Å². The van der Waals surface area contributed by atoms with Gasteiger partial charge in [0.2, 0.25) is 0 Å². The number of nitrogens with zero attached hydrogens (tertiary/aromatic N) is 3. The van der Waals surface area contributed by atoms with Gasteiger partial charge in [-0.2, -0.15) is 0 Å². The highest BCUT2D eigenvalue weighted by molar-refractivity contribution is 14.0. The van der Waals surface area contributed by atoms with Crippen molar-refractivity contribution >= 4 is 29.9 Å². The number of aliphatic imine (C=N–C) groups is 1. The molecule has 168 valence electrons. The van der Waals surface area contributed by atoms with Gasteiger partial charge in [0.1, 0.15) is 11.6 Å². The van der Waals surface area contributed by atoms with Gasteiger partial charge in [-0.3, -0.25) is 4.99 Å². The Kier molecular flexibility index (Phi) is 12.4. The second kappa shape index (κ2) is 14.2. The van der Waals surface area contributed by atoms with Crippen LogP contribution < -0.4 is 15.4 Å². The second-order valence-electron chi connectivity index (χ2n) is 7.47. The molecule has 0 fully saturated rings. The van der Waals surface area contributed by atoms with Crippen molar-refractivity contribution < 1.29 is 9.47 Å². The first-order chi connectivity index (χ1) is 14.0. The summed E-state index contributed by atoms with van der Waals surface area (Å²) in [7, 11) is 3.48. The Morgan fingerprint density at radius 1 is 1.20 bits per heavy atom. The largest absolute Gasteiger partial charge is 0.493 e. The SMILES string of the molecule is CN=C(NCc1ccc(C)cc1OCCCOC)NCc1nccn1CC(C)C.I. The predicted molar refractivity (Wildman–Crippen MR) is 133 cm³/mol. The Hall–Kier alpha value is -1.81. The number of guanidine groups is 1. The number of aryl methyl sites for hydroxylation is 1. The maximum atomic E-state index is 5.96. The molecule has 0 radical (unpaired) electrons. The highest BCUT2D eigenvalue weighted by atomic mass is 127. The molecule has 0 bridgehead atoms. The molecular weight excluding hydrogens is 493 g/mol. The van der Waals surface area contributed by atoms with Crippen LogP contribution in [0.25, 0.3) is 0 Å². The van der Waals surface area contributed by atoms with Crippen LogP contribution in [0.3, 0.4) is 0 Å². The molecule has 0 saturated carbocycles. The molecule has 1 aromatic carbocycles. The van der Waals surface area contributed by atoms with E-state index in [1.807, 2.05) is 12.4 Å². The van der Waals surface area contributed by atoms with Gasteiger partial charge in [0, 0.05) is 58.2 Å². The number of rotatable bonds is 11. The van der Waals surface area contributed by atoms with E-state index in [0.717, 1.165) is 36.1 Å². The summed E-state index contributed by atoms with van der Waals surface area (Å²) in [6, 6.07) is 6.26. The van der Waals surface area contributed by atoms with Crippen LogP contribution in [0.15, 0.2) is 35.6 Å². The summed E-state index contributed by atoms with van der Waals surface area (Å²) in [5, 5.41) is 6.71. The van der Waals surface area contributed by atoms with E-state index < -0.39 is 0 Å². The molecule has 0 saturated heterocycles. The lowest BCUT2D eigenvalue weighted by molar-refractivity contribution is 0.171. The number of methoxy groups -OCH3 is 1. The number of nitrogens with one attached hydrogen (secondary N) is 2. The van der Waals surface area contributed by atoms with Gasteiger partial charge in [-0.05, 0) is 24.5 Å². The van der Waals surface area contributed by atoms with Crippen LogP contribution in [-0.4, -0.2) is 42.9 Å². The molecular formula is C22H36IN5O2. The van der Waals surface area contributed by atoms with Gasteiger partial charge in [0.05, 0.1) is 13.2 Å². The Morgan fingerprint density at radius 3 is 2.67 bits per heavy atom. The fourth-order valence-corrected chi connectivity index (χ4v) is 2.96. The topological polar surface area (TPSA) is 72.7 Å². The molecule has 8 heteroatoms. The Balaban J connectivity index is 0.00000450. The zero-order chi connectivity index (χ0) is 21.1. The van der Waals surface area contributed by atoms with E-state index >= 15 is 0 Å². The third-order valence-electron chi connectivity index (χ3n) is 4.42. The smallest absolute Gasteiger partial charge is 0.191 e. The van der Waals surface area contributed by atoms with Crippen molar-refractivity contribution in [2.75, 3.05) is 27.4 Å². The van der Waals surface area contributed by atoms with Crippen molar-refractivity contribution in [1.82, 2.24) is 20.2 Å². The van der Waals surface area contributed by atoms with E-state index in [0.29, 0.717) is 32.2 Å². The van der Waals surface area contributed by atoms with Gasteiger partial charge in [-0.25, -0.2) is 4.98 Å². The van der Waals surface area contributed by atoms with Gasteiger partial charge in [-0.1, -0.05) is 26.0 Å². The fraction of sp³-hybridized carbons (Fsp3) is 0.545. The van der Waals surface area contributed by atoms with Crippen molar-refractivity contribution in [3.05, 3.63) is 47.5 Å². The molecule has 0 unspecified atom stereocenters. The quantitative estimate of drug-likeness (QED) is 0.201. The normalized spacial score (nSPS) is 11.3. The van der Waals surface area contributed by atoms with Crippen LogP contribution in [0.2, 0.25) is 0 Å². The van der Waals surface area contributed by atoms with E-state index in [1.54, 1.807) is 14.2 Å². The molecule has 7 nitrogen and oxygen atoms in total. The van der Waals surface area contributed by atoms with Crippen LogP contribution in [0, 0.1) is 12.8 Å². The van der Waals surface area contributed by atoms with Gasteiger partial charge < -0.3 is 24.7 Å². The minimum atomic E-state index is 0. The van der Waals surface area contributed by atoms with Crippen molar-refractivity contribution in [2.45, 2.75) is 46.8 Å². The lowest BCUT2D eigenvalue weighted by Crippen LogP contribution is -2.37. The first-order valence-electron chi connectivity index (χ1n) is 10.2. The molecule has 0 spiro atoms. The number of hydrogen-bond acceptors (Lipinski definition) is 4. The number of ether oxygens (including phenoxy) is 2. The zero-order valence-electron chi connectivity index (χ0n) is 18.8. The minimum absolute atomic E-state index is 0. The van der Waals surface area contributed by atoms with Crippen molar-refractivity contribution in [3.8, 4) is 5.75 Å². The molecule has 0 atom stereocenters. The highest BCUT2D eigenvalue weighted by Gasteiger charge is 2.08. The van der Waals surface area contributed by atoms with E-state index in [1.165, 1.54) is 5.56 Å². The summed E-state index contributed by atoms with van der Waals surface area (Å²) < 4.78 is 13.2. The minimum Gasteiger partial charge on any atom is -0.493 e. The predicted octanol–water partition coefficient (Wildman–Crippen LogP) is 3.75. The van der Waals surface area contributed by atoms with E-state index in [2.05, 4.69) is 64.1 Å². The Labute approximate surface area is 197 Å². The van der Waals surface area contributed by atoms with Gasteiger partial charge in [0.15, 0.2) is 5.96 Å². The molecule has 0 aliphatic carbocycles. The molecule has 1 aromatic heterocycles. The van der Waals surface area contributed by atoms with E-state index in [9.17, 15) is 0 Å². The second-order valence-corrected chi connectivity index (χ2v) is 7.47. The summed E-state index contributed by atoms with van der Waals surface area (Å²) in [6.07, 6.45) is 4.73. The fourth-order valence-electron chi connectivity index (χ4n) is 2.96. The average Bonchev–Trinajstić information content (AvgIpc) is 3.13. The van der Waals surface area contributed by atoms with Crippen LogP contribution in [-0.2, 0) is 24.4 Å². The van der Waals surface area contributed by atoms with Gasteiger partial charge in [-0.15, -0.1) is 24.0 Å². The van der Waals surface area contributed by atoms with Crippen molar-refractivity contribution in [1.29, 1.82) is 0 Å². The molecule has 30 heavy (non-hydrogen) atoms. The van der Waals surface area contributed by atoms with Crippen LogP contribution >= 0.6 is 24.0 Å². The third-order valence-corrected chi connectivity index (χ3v) is 4.42. The first kappa shape index (κ1) is 26.2. The maximum Gasteiger partial charge on any atom is 0.191 e. The third kappa shape index (κ3) is 8.91. The first-order valence-corrected chi connectivity index (χ1v) is 10.2. The van der Waals surface area contributed by atoms with Crippen molar-refractivity contribution in [3.63, 3.8) is 0 Å². The average molecular weight is 529 g/mol. The monoisotopic (exact) mass is 529 g/mol. The highest BCUT2D eigenvalue weighted by Crippen LogP contribution is 2.20. The summed E-state index contributed by atoms with van der Waals surface area (Å²) in [4.78, 5) is 8.78. The van der Waals surface area contributed by atoms with Crippen LogP contribution in [0.4, 0.5) is 0 Å². The number of halogens is 1. The van der Waals surface area contributed by atoms with Gasteiger partial charge >= 0.3 is 0 Å². The number of aromatic nitrogens is 2. The van der Waals surface area contributed by atoms with E-state index in [4.69, 9.17) is 9.47 Å². The van der Waals surface area contributed by atoms with Crippen LogP contribution in [0.5, 0.6) is 5.75 Å². The Morgan fingerprint density at radius 2 is 1.97 bits per heavy atom. The van der Waals surface area contributed by atoms with Gasteiger partial charge in [0.25, 0.3) is 0 Å². The molecule has 2 rings (SSSR count). The summed E-state index contributed by atoms with van der Waals surface area (Å²) in [6.45, 7) is 10.0. The maximum absolute atomic E-state index is 5.96. The summed E-state index contributed by atoms with van der Waals surface area (Å²) in [5.74, 6) is 3.20. The summed E-state index contributed by atoms with van der Waals surface area (Å²) >= 11 is 0. The molecule has 0 aliphatic heterocycles. The van der Waals surface area contributed by atoms with E-state index in [-0.39, 0.29) is 24.0 Å². The van der Waals surface area contributed by atoms with Crippen molar-refractivity contribution in [2.24, 2.45) is 10.9 Å². The number of hydrogen-bond donors (Lipinski definition) is 2.